The second kappa shape index (κ2) is 5.76. The summed E-state index contributed by atoms with van der Waals surface area (Å²) in [7, 11) is 0. The number of aromatic nitrogens is 2. The molecule has 116 valence electrons. The van der Waals surface area contributed by atoms with Crippen LogP contribution in [-0.2, 0) is 13.0 Å². The van der Waals surface area contributed by atoms with Gasteiger partial charge in [-0.2, -0.15) is 5.10 Å². The van der Waals surface area contributed by atoms with E-state index in [1.54, 1.807) is 0 Å². The molecule has 1 saturated heterocycles. The lowest BCUT2D eigenvalue weighted by atomic mass is 9.98. The van der Waals surface area contributed by atoms with E-state index in [-0.39, 0.29) is 0 Å². The van der Waals surface area contributed by atoms with Crippen LogP contribution in [0.2, 0.25) is 0 Å². The number of nitrogens with one attached hydrogen (secondary N) is 1. The van der Waals surface area contributed by atoms with E-state index < -0.39 is 0 Å². The highest BCUT2D eigenvalue weighted by atomic mass is 16.5. The van der Waals surface area contributed by atoms with Gasteiger partial charge in [0.2, 0.25) is 0 Å². The van der Waals surface area contributed by atoms with Gasteiger partial charge < -0.3 is 10.1 Å². The Kier molecular flexibility index (Phi) is 3.62. The maximum atomic E-state index is 5.78. The summed E-state index contributed by atoms with van der Waals surface area (Å²) in [6.45, 7) is 5.44. The Labute approximate surface area is 131 Å². The zero-order valence-corrected chi connectivity index (χ0v) is 13.1. The summed E-state index contributed by atoms with van der Waals surface area (Å²) in [6.07, 6.45) is 7.98. The van der Waals surface area contributed by atoms with Crippen molar-refractivity contribution in [3.63, 3.8) is 0 Å². The quantitative estimate of drug-likeness (QED) is 0.947. The SMILES string of the molecule is CC1Cc2cc(-c3cnn(CC4CCNCC4)c3)ccc2O1. The monoisotopic (exact) mass is 297 g/mol. The summed E-state index contributed by atoms with van der Waals surface area (Å²) < 4.78 is 7.89. The second-order valence-corrected chi connectivity index (χ2v) is 6.60. The molecule has 4 rings (SSSR count). The van der Waals surface area contributed by atoms with Gasteiger partial charge in [-0.05, 0) is 62.0 Å². The predicted molar refractivity (Wildman–Crippen MR) is 87.1 cm³/mol. The maximum Gasteiger partial charge on any atom is 0.123 e. The number of hydrogen-bond donors (Lipinski definition) is 1. The smallest absolute Gasteiger partial charge is 0.123 e. The average molecular weight is 297 g/mol. The number of nitrogens with zero attached hydrogens (tertiary/aromatic N) is 2. The van der Waals surface area contributed by atoms with Crippen LogP contribution in [-0.4, -0.2) is 29.0 Å². The van der Waals surface area contributed by atoms with Crippen LogP contribution in [0.5, 0.6) is 5.75 Å². The van der Waals surface area contributed by atoms with Crippen molar-refractivity contribution in [2.75, 3.05) is 13.1 Å². The molecule has 4 nitrogen and oxygen atoms in total. The lowest BCUT2D eigenvalue weighted by molar-refractivity contribution is 0.254. The van der Waals surface area contributed by atoms with Gasteiger partial charge in [0.1, 0.15) is 11.9 Å². The third-order valence-electron chi connectivity index (χ3n) is 4.77. The number of hydrogen-bond acceptors (Lipinski definition) is 3. The van der Waals surface area contributed by atoms with Gasteiger partial charge in [0.15, 0.2) is 0 Å². The van der Waals surface area contributed by atoms with Crippen LogP contribution in [0.4, 0.5) is 0 Å². The van der Waals surface area contributed by atoms with Crippen LogP contribution < -0.4 is 10.1 Å². The summed E-state index contributed by atoms with van der Waals surface area (Å²) in [4.78, 5) is 0. The Morgan fingerprint density at radius 1 is 1.27 bits per heavy atom. The van der Waals surface area contributed by atoms with Gasteiger partial charge in [-0.3, -0.25) is 4.68 Å². The summed E-state index contributed by atoms with van der Waals surface area (Å²) in [5, 5.41) is 7.98. The van der Waals surface area contributed by atoms with Gasteiger partial charge in [0, 0.05) is 24.7 Å². The normalized spacial score (nSPS) is 21.6. The van der Waals surface area contributed by atoms with Crippen LogP contribution in [0.25, 0.3) is 11.1 Å². The number of piperidine rings is 1. The molecule has 0 amide bonds. The zero-order chi connectivity index (χ0) is 14.9. The summed E-state index contributed by atoms with van der Waals surface area (Å²) >= 11 is 0. The lowest BCUT2D eigenvalue weighted by Crippen LogP contribution is -2.29. The Bertz CT molecular complexity index is 658. The van der Waals surface area contributed by atoms with Crippen LogP contribution in [0.3, 0.4) is 0 Å². The second-order valence-electron chi connectivity index (χ2n) is 6.60. The Morgan fingerprint density at radius 3 is 3.00 bits per heavy atom. The number of benzene rings is 1. The molecule has 0 aliphatic carbocycles. The highest BCUT2D eigenvalue weighted by molar-refractivity contribution is 5.64. The molecule has 1 fully saturated rings. The van der Waals surface area contributed by atoms with Gasteiger partial charge in [0.05, 0.1) is 6.20 Å². The fraction of sp³-hybridized carbons (Fsp3) is 0.500. The molecule has 1 aromatic carbocycles. The predicted octanol–water partition coefficient (Wildman–Crippen LogP) is 2.87. The van der Waals surface area contributed by atoms with Gasteiger partial charge in [-0.25, -0.2) is 0 Å². The Morgan fingerprint density at radius 2 is 2.14 bits per heavy atom. The minimum Gasteiger partial charge on any atom is -0.490 e. The van der Waals surface area contributed by atoms with Crippen LogP contribution >= 0.6 is 0 Å². The van der Waals surface area contributed by atoms with Crippen molar-refractivity contribution >= 4 is 0 Å². The van der Waals surface area contributed by atoms with Gasteiger partial charge in [-0.15, -0.1) is 0 Å². The Hall–Kier alpha value is -1.81. The zero-order valence-electron chi connectivity index (χ0n) is 13.1. The van der Waals surface area contributed by atoms with Gasteiger partial charge >= 0.3 is 0 Å². The van der Waals surface area contributed by atoms with Crippen molar-refractivity contribution in [1.29, 1.82) is 0 Å². The molecular weight excluding hydrogens is 274 g/mol. The van der Waals surface area contributed by atoms with Crippen molar-refractivity contribution in [3.8, 4) is 16.9 Å². The largest absolute Gasteiger partial charge is 0.490 e. The fourth-order valence-electron chi connectivity index (χ4n) is 3.54. The van der Waals surface area contributed by atoms with Crippen molar-refractivity contribution in [3.05, 3.63) is 36.2 Å². The first kappa shape index (κ1) is 13.8. The first-order valence-corrected chi connectivity index (χ1v) is 8.31. The molecule has 22 heavy (non-hydrogen) atoms. The standard InChI is InChI=1S/C18H23N3O/c1-13-8-16-9-15(2-3-18(16)22-13)17-10-20-21(12-17)11-14-4-6-19-7-5-14/h2-3,9-10,12-14,19H,4-8,11H2,1H3. The van der Waals surface area contributed by atoms with E-state index in [4.69, 9.17) is 4.74 Å². The molecule has 1 N–H and O–H groups in total. The van der Waals surface area contributed by atoms with Crippen molar-refractivity contribution in [2.45, 2.75) is 38.8 Å². The molecule has 0 spiro atoms. The number of ether oxygens (including phenoxy) is 1. The molecule has 1 atom stereocenters. The van der Waals surface area contributed by atoms with E-state index >= 15 is 0 Å². The first-order valence-electron chi connectivity index (χ1n) is 8.31. The molecule has 1 unspecified atom stereocenters. The molecule has 4 heteroatoms. The van der Waals surface area contributed by atoms with Crippen molar-refractivity contribution in [1.82, 2.24) is 15.1 Å². The number of fused-ring (bicyclic) bond motifs is 1. The summed E-state index contributed by atoms with van der Waals surface area (Å²) in [5.74, 6) is 1.79. The summed E-state index contributed by atoms with van der Waals surface area (Å²) in [6, 6.07) is 6.49. The van der Waals surface area contributed by atoms with Crippen LogP contribution in [0, 0.1) is 5.92 Å². The molecule has 0 saturated carbocycles. The highest BCUT2D eigenvalue weighted by Crippen LogP contribution is 2.32. The first-order chi connectivity index (χ1) is 10.8. The molecule has 2 aliphatic rings. The minimum atomic E-state index is 0.299. The lowest BCUT2D eigenvalue weighted by Gasteiger charge is -2.22. The van der Waals surface area contributed by atoms with Gasteiger partial charge in [0.25, 0.3) is 0 Å². The van der Waals surface area contributed by atoms with E-state index in [2.05, 4.69) is 46.4 Å². The average Bonchev–Trinajstić information content (AvgIpc) is 3.13. The van der Waals surface area contributed by atoms with Gasteiger partial charge in [-0.1, -0.05) is 6.07 Å². The van der Waals surface area contributed by atoms with E-state index in [0.717, 1.165) is 37.7 Å². The maximum absolute atomic E-state index is 5.78. The molecule has 1 aromatic heterocycles. The molecule has 2 aliphatic heterocycles. The minimum absolute atomic E-state index is 0.299. The van der Waals surface area contributed by atoms with Crippen LogP contribution in [0.15, 0.2) is 30.6 Å². The summed E-state index contributed by atoms with van der Waals surface area (Å²) in [5.41, 5.74) is 3.76. The molecule has 3 heterocycles. The third kappa shape index (κ3) is 2.75. The topological polar surface area (TPSA) is 39.1 Å². The Balaban J connectivity index is 1.50. The van der Waals surface area contributed by atoms with E-state index in [1.165, 1.54) is 29.5 Å². The highest BCUT2D eigenvalue weighted by Gasteiger charge is 2.19. The van der Waals surface area contributed by atoms with Crippen LogP contribution in [0.1, 0.15) is 25.3 Å². The third-order valence-corrected chi connectivity index (χ3v) is 4.77. The van der Waals surface area contributed by atoms with Crippen molar-refractivity contribution in [2.24, 2.45) is 5.92 Å². The molecule has 0 bridgehead atoms. The van der Waals surface area contributed by atoms with E-state index in [0.29, 0.717) is 6.10 Å². The number of rotatable bonds is 3. The van der Waals surface area contributed by atoms with E-state index in [9.17, 15) is 0 Å². The molecular formula is C18H23N3O. The van der Waals surface area contributed by atoms with E-state index in [1.807, 2.05) is 6.20 Å². The van der Waals surface area contributed by atoms with Crippen molar-refractivity contribution < 1.29 is 4.74 Å². The molecule has 0 radical (unpaired) electrons. The molecule has 2 aromatic rings. The fourth-order valence-corrected chi connectivity index (χ4v) is 3.54.